The molecular formula is C15H18BrNO4. The monoisotopic (exact) mass is 355 g/mol. The highest BCUT2D eigenvalue weighted by Crippen LogP contribution is 2.31. The molecule has 1 saturated heterocycles. The van der Waals surface area contributed by atoms with E-state index in [-0.39, 0.29) is 11.4 Å². The molecule has 0 saturated carbocycles. The van der Waals surface area contributed by atoms with Gasteiger partial charge in [-0.15, -0.1) is 0 Å². The van der Waals surface area contributed by atoms with Crippen LogP contribution in [-0.2, 0) is 4.74 Å². The van der Waals surface area contributed by atoms with Crippen LogP contribution < -0.4 is 14.8 Å². The maximum Gasteiger partial charge on any atom is 0.251 e. The second-order valence-electron chi connectivity index (χ2n) is 5.34. The lowest BCUT2D eigenvalue weighted by molar-refractivity contribution is 0.0441. The zero-order chi connectivity index (χ0) is 14.7. The summed E-state index contributed by atoms with van der Waals surface area (Å²) in [5.74, 6) is 1.24. The highest BCUT2D eigenvalue weighted by molar-refractivity contribution is 9.09. The Morgan fingerprint density at radius 2 is 1.86 bits per heavy atom. The van der Waals surface area contributed by atoms with Gasteiger partial charge in [0.25, 0.3) is 5.91 Å². The van der Waals surface area contributed by atoms with Crippen molar-refractivity contribution in [3.63, 3.8) is 0 Å². The first-order valence-corrected chi connectivity index (χ1v) is 8.20. The molecule has 0 spiro atoms. The minimum absolute atomic E-state index is 0.0895. The Hall–Kier alpha value is -1.27. The quantitative estimate of drug-likeness (QED) is 0.844. The molecule has 21 heavy (non-hydrogen) atoms. The first-order valence-electron chi connectivity index (χ1n) is 7.08. The molecule has 3 rings (SSSR count). The van der Waals surface area contributed by atoms with Gasteiger partial charge in [-0.3, -0.25) is 4.79 Å². The molecule has 0 aromatic heterocycles. The number of benzene rings is 1. The molecule has 0 radical (unpaired) electrons. The van der Waals surface area contributed by atoms with Gasteiger partial charge in [-0.1, -0.05) is 15.9 Å². The third-order valence-corrected chi connectivity index (χ3v) is 4.96. The first kappa shape index (κ1) is 14.7. The molecule has 5 nitrogen and oxygen atoms in total. The summed E-state index contributed by atoms with van der Waals surface area (Å²) in [5.41, 5.74) is 0.355. The van der Waals surface area contributed by atoms with E-state index in [4.69, 9.17) is 14.2 Å². The SMILES string of the molecule is O=C(NC1(CBr)CCOCC1)c1ccc2c(c1)OCCO2. The summed E-state index contributed by atoms with van der Waals surface area (Å²) in [4.78, 5) is 12.5. The fraction of sp³-hybridized carbons (Fsp3) is 0.533. The minimum Gasteiger partial charge on any atom is -0.486 e. The van der Waals surface area contributed by atoms with Gasteiger partial charge >= 0.3 is 0 Å². The van der Waals surface area contributed by atoms with Crippen LogP contribution in [-0.4, -0.2) is 43.2 Å². The average molecular weight is 356 g/mol. The molecule has 114 valence electrons. The van der Waals surface area contributed by atoms with E-state index in [0.717, 1.165) is 18.2 Å². The second-order valence-corrected chi connectivity index (χ2v) is 5.90. The van der Waals surface area contributed by atoms with E-state index in [1.54, 1.807) is 18.2 Å². The number of rotatable bonds is 3. The van der Waals surface area contributed by atoms with Crippen LogP contribution in [0, 0.1) is 0 Å². The number of nitrogens with one attached hydrogen (secondary N) is 1. The van der Waals surface area contributed by atoms with Crippen molar-refractivity contribution in [2.24, 2.45) is 0 Å². The maximum absolute atomic E-state index is 12.5. The van der Waals surface area contributed by atoms with Crippen molar-refractivity contribution in [3.8, 4) is 11.5 Å². The van der Waals surface area contributed by atoms with Crippen molar-refractivity contribution in [2.75, 3.05) is 31.8 Å². The van der Waals surface area contributed by atoms with Crippen molar-refractivity contribution < 1.29 is 19.0 Å². The molecule has 1 aromatic carbocycles. The number of halogens is 1. The van der Waals surface area contributed by atoms with E-state index in [1.807, 2.05) is 0 Å². The van der Waals surface area contributed by atoms with Gasteiger partial charge < -0.3 is 19.5 Å². The predicted octanol–water partition coefficient (Wildman–Crippen LogP) is 2.13. The number of ether oxygens (including phenoxy) is 3. The molecule has 1 amide bonds. The molecule has 6 heteroatoms. The molecule has 0 atom stereocenters. The normalized spacial score (nSPS) is 19.9. The first-order chi connectivity index (χ1) is 10.2. The molecular weight excluding hydrogens is 338 g/mol. The van der Waals surface area contributed by atoms with Crippen LogP contribution in [0.15, 0.2) is 18.2 Å². The molecule has 2 heterocycles. The fourth-order valence-electron chi connectivity index (χ4n) is 2.55. The molecule has 2 aliphatic rings. The molecule has 1 fully saturated rings. The van der Waals surface area contributed by atoms with Crippen molar-refractivity contribution >= 4 is 21.8 Å². The van der Waals surface area contributed by atoms with E-state index in [1.165, 1.54) is 0 Å². The van der Waals surface area contributed by atoms with Gasteiger partial charge in [-0.2, -0.15) is 0 Å². The number of amides is 1. The van der Waals surface area contributed by atoms with Crippen LogP contribution in [0.1, 0.15) is 23.2 Å². The van der Waals surface area contributed by atoms with Crippen LogP contribution in [0.4, 0.5) is 0 Å². The largest absolute Gasteiger partial charge is 0.486 e. The van der Waals surface area contributed by atoms with E-state index < -0.39 is 0 Å². The Morgan fingerprint density at radius 3 is 2.57 bits per heavy atom. The number of alkyl halides is 1. The van der Waals surface area contributed by atoms with Crippen LogP contribution in [0.5, 0.6) is 11.5 Å². The van der Waals surface area contributed by atoms with E-state index >= 15 is 0 Å². The lowest BCUT2D eigenvalue weighted by atomic mass is 9.92. The Bertz CT molecular complexity index is 528. The third-order valence-electron chi connectivity index (χ3n) is 3.89. The Kier molecular flexibility index (Phi) is 4.35. The Balaban J connectivity index is 1.75. The lowest BCUT2D eigenvalue weighted by Crippen LogP contribution is -2.53. The van der Waals surface area contributed by atoms with Gasteiger partial charge in [0.15, 0.2) is 11.5 Å². The zero-order valence-corrected chi connectivity index (χ0v) is 13.3. The van der Waals surface area contributed by atoms with Crippen molar-refractivity contribution in [3.05, 3.63) is 23.8 Å². The molecule has 1 aromatic rings. The summed E-state index contributed by atoms with van der Waals surface area (Å²) in [6.45, 7) is 2.41. The summed E-state index contributed by atoms with van der Waals surface area (Å²) in [6.07, 6.45) is 1.63. The number of carbonyl (C=O) groups is 1. The van der Waals surface area contributed by atoms with Gasteiger partial charge in [0, 0.05) is 24.1 Å². The summed E-state index contributed by atoms with van der Waals surface area (Å²) < 4.78 is 16.4. The highest BCUT2D eigenvalue weighted by atomic mass is 79.9. The van der Waals surface area contributed by atoms with Gasteiger partial charge in [-0.25, -0.2) is 0 Å². The summed E-state index contributed by atoms with van der Waals surface area (Å²) >= 11 is 3.51. The summed E-state index contributed by atoms with van der Waals surface area (Å²) in [7, 11) is 0. The maximum atomic E-state index is 12.5. The molecule has 0 bridgehead atoms. The summed E-state index contributed by atoms with van der Waals surface area (Å²) in [6, 6.07) is 5.30. The number of hydrogen-bond donors (Lipinski definition) is 1. The van der Waals surface area contributed by atoms with Crippen LogP contribution in [0.25, 0.3) is 0 Å². The molecule has 2 aliphatic heterocycles. The zero-order valence-electron chi connectivity index (χ0n) is 11.7. The molecule has 0 aliphatic carbocycles. The van der Waals surface area contributed by atoms with Gasteiger partial charge in [0.05, 0.1) is 5.54 Å². The third kappa shape index (κ3) is 3.16. The van der Waals surface area contributed by atoms with Crippen LogP contribution >= 0.6 is 15.9 Å². The Morgan fingerprint density at radius 1 is 1.14 bits per heavy atom. The average Bonchev–Trinajstić information content (AvgIpc) is 2.55. The lowest BCUT2D eigenvalue weighted by Gasteiger charge is -2.36. The molecule has 0 unspecified atom stereocenters. The van der Waals surface area contributed by atoms with E-state index in [2.05, 4.69) is 21.2 Å². The van der Waals surface area contributed by atoms with Crippen LogP contribution in [0.2, 0.25) is 0 Å². The van der Waals surface area contributed by atoms with Crippen molar-refractivity contribution in [2.45, 2.75) is 18.4 Å². The highest BCUT2D eigenvalue weighted by Gasteiger charge is 2.33. The Labute approximate surface area is 132 Å². The minimum atomic E-state index is -0.234. The van der Waals surface area contributed by atoms with Gasteiger partial charge in [0.2, 0.25) is 0 Å². The summed E-state index contributed by atoms with van der Waals surface area (Å²) in [5, 5.41) is 3.86. The number of carbonyl (C=O) groups excluding carboxylic acids is 1. The van der Waals surface area contributed by atoms with Gasteiger partial charge in [0.1, 0.15) is 13.2 Å². The van der Waals surface area contributed by atoms with Gasteiger partial charge in [-0.05, 0) is 31.0 Å². The second kappa shape index (κ2) is 6.23. The van der Waals surface area contributed by atoms with E-state index in [9.17, 15) is 4.79 Å². The number of hydrogen-bond acceptors (Lipinski definition) is 4. The van der Waals surface area contributed by atoms with E-state index in [0.29, 0.717) is 43.5 Å². The smallest absolute Gasteiger partial charge is 0.251 e. The number of fused-ring (bicyclic) bond motifs is 1. The van der Waals surface area contributed by atoms with Crippen LogP contribution in [0.3, 0.4) is 0 Å². The standard InChI is InChI=1S/C15H18BrNO4/c16-10-15(3-5-19-6-4-15)17-14(18)11-1-2-12-13(9-11)21-8-7-20-12/h1-2,9H,3-8,10H2,(H,17,18). The van der Waals surface area contributed by atoms with Crippen molar-refractivity contribution in [1.82, 2.24) is 5.32 Å². The van der Waals surface area contributed by atoms with Crippen molar-refractivity contribution in [1.29, 1.82) is 0 Å². The fourth-order valence-corrected chi connectivity index (χ4v) is 3.25. The predicted molar refractivity (Wildman–Crippen MR) is 81.5 cm³/mol. The molecule has 1 N–H and O–H groups in total. The topological polar surface area (TPSA) is 56.8 Å².